The average molecular weight is 454 g/mol. The summed E-state index contributed by atoms with van der Waals surface area (Å²) in [6.07, 6.45) is 1.58. The van der Waals surface area contributed by atoms with Crippen molar-refractivity contribution < 1.29 is 23.9 Å². The summed E-state index contributed by atoms with van der Waals surface area (Å²) in [6, 6.07) is 16.4. The number of nitrogens with one attached hydrogen (secondary N) is 1. The van der Waals surface area contributed by atoms with Crippen molar-refractivity contribution in [2.24, 2.45) is 5.92 Å². The van der Waals surface area contributed by atoms with E-state index in [1.165, 1.54) is 4.90 Å². The van der Waals surface area contributed by atoms with Gasteiger partial charge in [0.05, 0.1) is 13.0 Å². The number of anilines is 1. The molecular weight excluding hydrogens is 422 g/mol. The number of carbonyl (C=O) groups excluding carboxylic acids is 3. The zero-order valence-electron chi connectivity index (χ0n) is 19.2. The number of rotatable bonds is 9. The lowest BCUT2D eigenvalue weighted by atomic mass is 9.95. The van der Waals surface area contributed by atoms with Gasteiger partial charge in [-0.3, -0.25) is 14.4 Å². The van der Waals surface area contributed by atoms with Gasteiger partial charge in [-0.2, -0.15) is 0 Å². The van der Waals surface area contributed by atoms with Crippen LogP contribution in [0.1, 0.15) is 19.3 Å². The molecule has 2 aromatic carbocycles. The lowest BCUT2D eigenvalue weighted by Gasteiger charge is -2.31. The van der Waals surface area contributed by atoms with Crippen molar-refractivity contribution in [2.75, 3.05) is 45.7 Å². The van der Waals surface area contributed by atoms with E-state index in [0.29, 0.717) is 50.4 Å². The molecule has 0 aliphatic carbocycles. The third-order valence-electron chi connectivity index (χ3n) is 5.53. The minimum Gasteiger partial charge on any atom is -0.493 e. The zero-order chi connectivity index (χ0) is 23.6. The van der Waals surface area contributed by atoms with Gasteiger partial charge in [0.1, 0.15) is 11.5 Å². The van der Waals surface area contributed by atoms with Crippen LogP contribution in [0.5, 0.6) is 11.5 Å². The van der Waals surface area contributed by atoms with E-state index in [1.807, 2.05) is 30.3 Å². The van der Waals surface area contributed by atoms with Gasteiger partial charge in [0.2, 0.25) is 11.8 Å². The second-order valence-electron chi connectivity index (χ2n) is 8.16. The van der Waals surface area contributed by atoms with Gasteiger partial charge in [0, 0.05) is 38.8 Å². The Kier molecular flexibility index (Phi) is 8.69. The van der Waals surface area contributed by atoms with Gasteiger partial charge in [0.25, 0.3) is 5.91 Å². The van der Waals surface area contributed by atoms with Crippen molar-refractivity contribution in [3.8, 4) is 11.5 Å². The highest BCUT2D eigenvalue weighted by Crippen LogP contribution is 2.22. The Morgan fingerprint density at radius 2 is 1.58 bits per heavy atom. The minimum absolute atomic E-state index is 0.0334. The molecule has 8 heteroatoms. The van der Waals surface area contributed by atoms with Crippen LogP contribution in [-0.4, -0.2) is 67.9 Å². The van der Waals surface area contributed by atoms with Crippen molar-refractivity contribution in [1.82, 2.24) is 9.80 Å². The summed E-state index contributed by atoms with van der Waals surface area (Å²) in [6.45, 7) is 1.44. The molecule has 1 aliphatic heterocycles. The fraction of sp³-hybridized carbons (Fsp3) is 0.400. The third-order valence-corrected chi connectivity index (χ3v) is 5.53. The summed E-state index contributed by atoms with van der Waals surface area (Å²) in [5.74, 6) is 1.05. The number of benzene rings is 2. The van der Waals surface area contributed by atoms with Crippen LogP contribution in [-0.2, 0) is 14.4 Å². The van der Waals surface area contributed by atoms with Crippen LogP contribution in [0, 0.1) is 5.92 Å². The quantitative estimate of drug-likeness (QED) is 0.631. The van der Waals surface area contributed by atoms with Crippen LogP contribution in [0.3, 0.4) is 0 Å². The van der Waals surface area contributed by atoms with Crippen molar-refractivity contribution >= 4 is 23.4 Å². The first-order valence-corrected chi connectivity index (χ1v) is 11.1. The maximum atomic E-state index is 12.6. The topological polar surface area (TPSA) is 88.2 Å². The summed E-state index contributed by atoms with van der Waals surface area (Å²) in [5, 5.41) is 2.93. The minimum atomic E-state index is -0.136. The molecule has 1 heterocycles. The largest absolute Gasteiger partial charge is 0.493 e. The summed E-state index contributed by atoms with van der Waals surface area (Å²) in [7, 11) is 3.34. The Morgan fingerprint density at radius 3 is 2.21 bits per heavy atom. The van der Waals surface area contributed by atoms with E-state index in [0.717, 1.165) is 5.75 Å². The van der Waals surface area contributed by atoms with Crippen LogP contribution in [0.2, 0.25) is 0 Å². The van der Waals surface area contributed by atoms with E-state index >= 15 is 0 Å². The standard InChI is InChI=1S/C25H31N3O5/c1-27(2)24(30)18-33-22-10-8-20(9-11-22)26-25(31)19-12-15-28(16-13-19)23(29)14-17-32-21-6-4-3-5-7-21/h3-11,19H,12-18H2,1-2H3,(H,26,31). The van der Waals surface area contributed by atoms with Crippen LogP contribution in [0.4, 0.5) is 5.69 Å². The molecule has 0 radical (unpaired) electrons. The summed E-state index contributed by atoms with van der Waals surface area (Å²) in [4.78, 5) is 39.9. The lowest BCUT2D eigenvalue weighted by molar-refractivity contribution is -0.135. The first kappa shape index (κ1) is 24.1. The van der Waals surface area contributed by atoms with Gasteiger partial charge >= 0.3 is 0 Å². The van der Waals surface area contributed by atoms with Crippen LogP contribution < -0.4 is 14.8 Å². The molecule has 176 valence electrons. The zero-order valence-corrected chi connectivity index (χ0v) is 19.2. The average Bonchev–Trinajstić information content (AvgIpc) is 2.84. The Morgan fingerprint density at radius 1 is 0.939 bits per heavy atom. The molecule has 2 aromatic rings. The highest BCUT2D eigenvalue weighted by Gasteiger charge is 2.27. The maximum Gasteiger partial charge on any atom is 0.259 e. The predicted octanol–water partition coefficient (Wildman–Crippen LogP) is 2.80. The number of likely N-dealkylation sites (tertiary alicyclic amines) is 1. The number of hydrogen-bond acceptors (Lipinski definition) is 5. The molecule has 0 bridgehead atoms. The second kappa shape index (κ2) is 11.9. The Hall–Kier alpha value is -3.55. The van der Waals surface area contributed by atoms with Crippen molar-refractivity contribution in [3.05, 3.63) is 54.6 Å². The SMILES string of the molecule is CN(C)C(=O)COc1ccc(NC(=O)C2CCN(C(=O)CCOc3ccccc3)CC2)cc1. The monoisotopic (exact) mass is 453 g/mol. The number of carbonyl (C=O) groups is 3. The fourth-order valence-corrected chi connectivity index (χ4v) is 3.48. The molecule has 0 spiro atoms. The molecule has 1 saturated heterocycles. The molecule has 33 heavy (non-hydrogen) atoms. The van der Waals surface area contributed by atoms with E-state index in [4.69, 9.17) is 9.47 Å². The number of ether oxygens (including phenoxy) is 2. The van der Waals surface area contributed by atoms with Gasteiger partial charge in [-0.1, -0.05) is 18.2 Å². The van der Waals surface area contributed by atoms with Crippen LogP contribution in [0.15, 0.2) is 54.6 Å². The summed E-state index contributed by atoms with van der Waals surface area (Å²) >= 11 is 0. The number of nitrogens with zero attached hydrogens (tertiary/aromatic N) is 2. The summed E-state index contributed by atoms with van der Waals surface area (Å²) in [5.41, 5.74) is 0.669. The van der Waals surface area contributed by atoms with Crippen molar-refractivity contribution in [2.45, 2.75) is 19.3 Å². The molecule has 8 nitrogen and oxygen atoms in total. The molecule has 0 unspecified atom stereocenters. The lowest BCUT2D eigenvalue weighted by Crippen LogP contribution is -2.41. The van der Waals surface area contributed by atoms with Gasteiger partial charge in [-0.25, -0.2) is 0 Å². The number of para-hydroxylation sites is 1. The molecule has 1 N–H and O–H groups in total. The van der Waals surface area contributed by atoms with E-state index in [-0.39, 0.29) is 30.2 Å². The number of likely N-dealkylation sites (N-methyl/N-ethyl adjacent to an activating group) is 1. The summed E-state index contributed by atoms with van der Waals surface area (Å²) < 4.78 is 11.0. The number of amides is 3. The third kappa shape index (κ3) is 7.52. The highest BCUT2D eigenvalue weighted by molar-refractivity contribution is 5.92. The maximum absolute atomic E-state index is 12.6. The fourth-order valence-electron chi connectivity index (χ4n) is 3.48. The molecule has 3 rings (SSSR count). The molecule has 1 fully saturated rings. The first-order valence-electron chi connectivity index (χ1n) is 11.1. The van der Waals surface area contributed by atoms with Gasteiger partial charge in [0.15, 0.2) is 6.61 Å². The molecule has 0 saturated carbocycles. The number of hydrogen-bond donors (Lipinski definition) is 1. The first-order chi connectivity index (χ1) is 15.9. The number of piperidine rings is 1. The molecule has 0 aromatic heterocycles. The Labute approximate surface area is 194 Å². The predicted molar refractivity (Wildman–Crippen MR) is 125 cm³/mol. The molecule has 1 aliphatic rings. The van der Waals surface area contributed by atoms with Crippen LogP contribution >= 0.6 is 0 Å². The van der Waals surface area contributed by atoms with E-state index in [1.54, 1.807) is 43.3 Å². The Bertz CT molecular complexity index is 923. The molecule has 3 amide bonds. The molecule has 0 atom stereocenters. The smallest absolute Gasteiger partial charge is 0.259 e. The molecular formula is C25H31N3O5. The van der Waals surface area contributed by atoms with E-state index < -0.39 is 0 Å². The van der Waals surface area contributed by atoms with Crippen molar-refractivity contribution in [3.63, 3.8) is 0 Å². The van der Waals surface area contributed by atoms with Crippen LogP contribution in [0.25, 0.3) is 0 Å². The van der Waals surface area contributed by atoms with E-state index in [9.17, 15) is 14.4 Å². The Balaban J connectivity index is 1.37. The van der Waals surface area contributed by atoms with Gasteiger partial charge in [-0.15, -0.1) is 0 Å². The van der Waals surface area contributed by atoms with Crippen molar-refractivity contribution in [1.29, 1.82) is 0 Å². The van der Waals surface area contributed by atoms with Gasteiger partial charge < -0.3 is 24.6 Å². The van der Waals surface area contributed by atoms with Gasteiger partial charge in [-0.05, 0) is 49.2 Å². The second-order valence-corrected chi connectivity index (χ2v) is 8.16. The normalized spacial score (nSPS) is 13.8. The highest BCUT2D eigenvalue weighted by atomic mass is 16.5. The van der Waals surface area contributed by atoms with E-state index in [2.05, 4.69) is 5.32 Å².